The Morgan fingerprint density at radius 3 is 2.63 bits per heavy atom. The summed E-state index contributed by atoms with van der Waals surface area (Å²) in [6.07, 6.45) is 0. The molecule has 1 atom stereocenters. The number of aliphatic carboxylic acids is 1. The van der Waals surface area contributed by atoms with Crippen molar-refractivity contribution in [2.75, 3.05) is 0 Å². The van der Waals surface area contributed by atoms with Gasteiger partial charge in [0.25, 0.3) is 5.91 Å². The van der Waals surface area contributed by atoms with Gasteiger partial charge in [0.05, 0.1) is 11.2 Å². The Kier molecular flexibility index (Phi) is 3.91. The van der Waals surface area contributed by atoms with Crippen molar-refractivity contribution in [3.8, 4) is 11.3 Å². The molecule has 0 bridgehead atoms. The van der Waals surface area contributed by atoms with E-state index < -0.39 is 17.9 Å². The lowest BCUT2D eigenvalue weighted by Crippen LogP contribution is -2.38. The molecular weight excluding hydrogens is 264 g/mol. The molecule has 19 heavy (non-hydrogen) atoms. The highest BCUT2D eigenvalue weighted by Gasteiger charge is 2.20. The lowest BCUT2D eigenvalue weighted by atomic mass is 10.1. The number of carbonyl (C=O) groups is 2. The van der Waals surface area contributed by atoms with E-state index in [0.29, 0.717) is 10.6 Å². The van der Waals surface area contributed by atoms with E-state index in [1.807, 2.05) is 30.3 Å². The number of aromatic nitrogens is 1. The third kappa shape index (κ3) is 2.97. The van der Waals surface area contributed by atoms with Crippen molar-refractivity contribution in [3.05, 3.63) is 40.7 Å². The number of hydrogen-bond donors (Lipinski definition) is 2. The summed E-state index contributed by atoms with van der Waals surface area (Å²) in [5.41, 5.74) is 2.97. The molecule has 2 aromatic rings. The number of thiazole rings is 1. The van der Waals surface area contributed by atoms with Crippen molar-refractivity contribution in [1.82, 2.24) is 10.3 Å². The molecule has 0 radical (unpaired) electrons. The zero-order chi connectivity index (χ0) is 13.8. The summed E-state index contributed by atoms with van der Waals surface area (Å²) in [5.74, 6) is -1.49. The molecule has 1 amide bonds. The minimum atomic E-state index is -1.07. The van der Waals surface area contributed by atoms with Gasteiger partial charge in [-0.15, -0.1) is 11.3 Å². The first-order chi connectivity index (χ1) is 9.09. The number of benzene rings is 1. The Morgan fingerprint density at radius 2 is 2.00 bits per heavy atom. The molecule has 6 heteroatoms. The van der Waals surface area contributed by atoms with Crippen molar-refractivity contribution in [2.24, 2.45) is 0 Å². The average Bonchev–Trinajstić information content (AvgIpc) is 2.88. The molecule has 0 spiro atoms. The van der Waals surface area contributed by atoms with Gasteiger partial charge in [-0.2, -0.15) is 0 Å². The fourth-order valence-electron chi connectivity index (χ4n) is 1.53. The summed E-state index contributed by atoms with van der Waals surface area (Å²) in [4.78, 5) is 27.3. The van der Waals surface area contributed by atoms with Crippen molar-refractivity contribution >= 4 is 23.2 Å². The van der Waals surface area contributed by atoms with Crippen LogP contribution in [0, 0.1) is 0 Å². The molecule has 98 valence electrons. The summed E-state index contributed by atoms with van der Waals surface area (Å²) < 4.78 is 0. The van der Waals surface area contributed by atoms with Crippen LogP contribution in [0.25, 0.3) is 11.3 Å². The first-order valence-corrected chi connectivity index (χ1v) is 6.50. The van der Waals surface area contributed by atoms with Crippen molar-refractivity contribution in [2.45, 2.75) is 13.0 Å². The van der Waals surface area contributed by atoms with Crippen LogP contribution in [-0.2, 0) is 4.79 Å². The molecule has 0 aliphatic rings. The fourth-order valence-corrected chi connectivity index (χ4v) is 2.24. The fraction of sp³-hybridized carbons (Fsp3) is 0.154. The van der Waals surface area contributed by atoms with E-state index in [0.717, 1.165) is 5.56 Å². The lowest BCUT2D eigenvalue weighted by Gasteiger charge is -2.08. The van der Waals surface area contributed by atoms with Crippen LogP contribution >= 0.6 is 11.3 Å². The van der Waals surface area contributed by atoms with Crippen LogP contribution in [0.5, 0.6) is 0 Å². The van der Waals surface area contributed by atoms with Crippen LogP contribution in [0.15, 0.2) is 35.8 Å². The molecule has 0 aliphatic heterocycles. The van der Waals surface area contributed by atoms with Crippen LogP contribution in [0.1, 0.15) is 16.6 Å². The van der Waals surface area contributed by atoms with Gasteiger partial charge < -0.3 is 10.4 Å². The van der Waals surface area contributed by atoms with Gasteiger partial charge in [-0.05, 0) is 6.92 Å². The van der Waals surface area contributed by atoms with E-state index in [1.165, 1.54) is 18.3 Å². The molecule has 1 aromatic carbocycles. The van der Waals surface area contributed by atoms with Crippen molar-refractivity contribution < 1.29 is 14.7 Å². The van der Waals surface area contributed by atoms with E-state index >= 15 is 0 Å². The van der Waals surface area contributed by atoms with Crippen LogP contribution < -0.4 is 5.32 Å². The zero-order valence-corrected chi connectivity index (χ0v) is 11.0. The number of carboxylic acids is 1. The van der Waals surface area contributed by atoms with E-state index in [2.05, 4.69) is 10.3 Å². The van der Waals surface area contributed by atoms with Crippen LogP contribution in [-0.4, -0.2) is 28.0 Å². The molecule has 2 N–H and O–H groups in total. The van der Waals surface area contributed by atoms with Crippen LogP contribution in [0.3, 0.4) is 0 Å². The number of carbonyl (C=O) groups excluding carboxylic acids is 1. The molecule has 0 saturated heterocycles. The number of nitrogens with zero attached hydrogens (tertiary/aromatic N) is 1. The van der Waals surface area contributed by atoms with Gasteiger partial charge in [0.1, 0.15) is 10.9 Å². The summed E-state index contributed by atoms with van der Waals surface area (Å²) in [6, 6.07) is 8.37. The maximum Gasteiger partial charge on any atom is 0.325 e. The number of carboxylic acid groups (broad SMARTS) is 1. The van der Waals surface area contributed by atoms with Crippen LogP contribution in [0.4, 0.5) is 0 Å². The number of amides is 1. The Morgan fingerprint density at radius 1 is 1.32 bits per heavy atom. The molecule has 1 heterocycles. The molecule has 0 aliphatic carbocycles. The minimum absolute atomic E-state index is 0.416. The predicted octanol–water partition coefficient (Wildman–Crippen LogP) is 2.01. The highest BCUT2D eigenvalue weighted by atomic mass is 32.1. The topological polar surface area (TPSA) is 79.3 Å². The van der Waals surface area contributed by atoms with Gasteiger partial charge in [0.15, 0.2) is 0 Å². The summed E-state index contributed by atoms with van der Waals surface area (Å²) in [6.45, 7) is 1.42. The Hall–Kier alpha value is -2.21. The highest BCUT2D eigenvalue weighted by molar-refractivity contribution is 7.12. The number of rotatable bonds is 4. The third-order valence-electron chi connectivity index (χ3n) is 2.54. The van der Waals surface area contributed by atoms with E-state index in [1.54, 1.807) is 5.51 Å². The summed E-state index contributed by atoms with van der Waals surface area (Å²) in [5, 5.41) is 11.2. The second-order valence-corrected chi connectivity index (χ2v) is 4.78. The summed E-state index contributed by atoms with van der Waals surface area (Å²) >= 11 is 1.19. The first-order valence-electron chi connectivity index (χ1n) is 5.62. The maximum atomic E-state index is 12.0. The first kappa shape index (κ1) is 13.2. The lowest BCUT2D eigenvalue weighted by molar-refractivity contribution is -0.138. The van der Waals surface area contributed by atoms with Crippen LogP contribution in [0.2, 0.25) is 0 Å². The number of hydrogen-bond acceptors (Lipinski definition) is 4. The van der Waals surface area contributed by atoms with Gasteiger partial charge in [0.2, 0.25) is 0 Å². The van der Waals surface area contributed by atoms with Gasteiger partial charge in [0, 0.05) is 5.56 Å². The molecule has 5 nitrogen and oxygen atoms in total. The normalized spacial score (nSPS) is 11.8. The Bertz CT molecular complexity index is 595. The average molecular weight is 276 g/mol. The SMILES string of the molecule is CC(NC(=O)c1scnc1-c1ccccc1)C(=O)O. The largest absolute Gasteiger partial charge is 0.480 e. The maximum absolute atomic E-state index is 12.0. The smallest absolute Gasteiger partial charge is 0.325 e. The van der Waals surface area contributed by atoms with E-state index in [-0.39, 0.29) is 0 Å². The van der Waals surface area contributed by atoms with E-state index in [4.69, 9.17) is 5.11 Å². The molecule has 2 rings (SSSR count). The zero-order valence-electron chi connectivity index (χ0n) is 10.2. The quantitative estimate of drug-likeness (QED) is 0.895. The molecule has 0 saturated carbocycles. The molecular formula is C13H12N2O3S. The Balaban J connectivity index is 2.25. The van der Waals surface area contributed by atoms with Gasteiger partial charge in [-0.1, -0.05) is 30.3 Å². The summed E-state index contributed by atoms with van der Waals surface area (Å²) in [7, 11) is 0. The highest BCUT2D eigenvalue weighted by Crippen LogP contribution is 2.25. The van der Waals surface area contributed by atoms with E-state index in [9.17, 15) is 9.59 Å². The number of nitrogens with one attached hydrogen (secondary N) is 1. The Labute approximate surface area is 113 Å². The van der Waals surface area contributed by atoms with Gasteiger partial charge in [-0.3, -0.25) is 9.59 Å². The molecule has 1 aromatic heterocycles. The monoisotopic (exact) mass is 276 g/mol. The van der Waals surface area contributed by atoms with Crippen molar-refractivity contribution in [1.29, 1.82) is 0 Å². The second-order valence-electron chi connectivity index (χ2n) is 3.93. The van der Waals surface area contributed by atoms with Gasteiger partial charge >= 0.3 is 5.97 Å². The minimum Gasteiger partial charge on any atom is -0.480 e. The standard InChI is InChI=1S/C13H12N2O3S/c1-8(13(17)18)15-12(16)11-10(14-7-19-11)9-5-3-2-4-6-9/h2-8H,1H3,(H,15,16)(H,17,18). The van der Waals surface area contributed by atoms with Gasteiger partial charge in [-0.25, -0.2) is 4.98 Å². The molecule has 1 unspecified atom stereocenters. The predicted molar refractivity (Wildman–Crippen MR) is 72.1 cm³/mol. The van der Waals surface area contributed by atoms with Crippen molar-refractivity contribution in [3.63, 3.8) is 0 Å². The molecule has 0 fully saturated rings. The third-order valence-corrected chi connectivity index (χ3v) is 3.36. The second kappa shape index (κ2) is 5.62.